The van der Waals surface area contributed by atoms with Crippen molar-refractivity contribution in [2.24, 2.45) is 5.92 Å². The maximum Gasteiger partial charge on any atom is 0.319 e. The van der Waals surface area contributed by atoms with E-state index in [-0.39, 0.29) is 6.03 Å². The molecule has 27 heavy (non-hydrogen) atoms. The maximum absolute atomic E-state index is 12.1. The van der Waals surface area contributed by atoms with Crippen LogP contribution in [0.5, 0.6) is 0 Å². The second-order valence-electron chi connectivity index (χ2n) is 7.07. The first-order valence-corrected chi connectivity index (χ1v) is 9.82. The van der Waals surface area contributed by atoms with E-state index in [0.29, 0.717) is 25.2 Å². The second kappa shape index (κ2) is 9.50. The Morgan fingerprint density at radius 3 is 3.00 bits per heavy atom. The van der Waals surface area contributed by atoms with Gasteiger partial charge in [-0.3, -0.25) is 0 Å². The molecule has 146 valence electrons. The summed E-state index contributed by atoms with van der Waals surface area (Å²) >= 11 is 0. The largest absolute Gasteiger partial charge is 0.376 e. The number of rotatable bonds is 7. The first-order valence-electron chi connectivity index (χ1n) is 9.82. The highest BCUT2D eigenvalue weighted by Crippen LogP contribution is 2.26. The molecule has 2 atom stereocenters. The first kappa shape index (κ1) is 19.4. The van der Waals surface area contributed by atoms with Crippen molar-refractivity contribution >= 4 is 11.7 Å². The summed E-state index contributed by atoms with van der Waals surface area (Å²) in [6.07, 6.45) is 6.94. The van der Waals surface area contributed by atoms with Gasteiger partial charge in [0.1, 0.15) is 6.33 Å². The standard InChI is InChI=1S/C20H29N5O2/c1-3-25-14-22-24-19(25)16-8-6-9-17(13-16)23-20(26)21-11-12-27-18-10-5-4-7-15(18)2/h6,8-9,13-15,18H,3-5,7,10-12H2,1-2H3,(H2,21,23,26)/t15-,18-/m0/s1. The molecule has 0 radical (unpaired) electrons. The molecule has 1 heterocycles. The zero-order chi connectivity index (χ0) is 19.1. The van der Waals surface area contributed by atoms with Crippen molar-refractivity contribution in [3.63, 3.8) is 0 Å². The Labute approximate surface area is 160 Å². The van der Waals surface area contributed by atoms with Gasteiger partial charge in [0.05, 0.1) is 12.7 Å². The molecule has 0 saturated heterocycles. The molecule has 7 nitrogen and oxygen atoms in total. The number of hydrogen-bond donors (Lipinski definition) is 2. The SMILES string of the molecule is CCn1cnnc1-c1cccc(NC(=O)NCCO[C@H]2CCCC[C@@H]2C)c1. The topological polar surface area (TPSA) is 81.1 Å². The fourth-order valence-corrected chi connectivity index (χ4v) is 3.53. The van der Waals surface area contributed by atoms with Crippen LogP contribution in [0.15, 0.2) is 30.6 Å². The summed E-state index contributed by atoms with van der Waals surface area (Å²) in [5.74, 6) is 1.40. The van der Waals surface area contributed by atoms with Crippen LogP contribution in [0, 0.1) is 5.92 Å². The van der Waals surface area contributed by atoms with E-state index in [1.165, 1.54) is 19.3 Å². The van der Waals surface area contributed by atoms with Crippen LogP contribution in [-0.2, 0) is 11.3 Å². The molecular weight excluding hydrogens is 342 g/mol. The Bertz CT molecular complexity index is 745. The van der Waals surface area contributed by atoms with E-state index in [0.717, 1.165) is 30.0 Å². The van der Waals surface area contributed by atoms with Crippen LogP contribution in [0.3, 0.4) is 0 Å². The third-order valence-electron chi connectivity index (χ3n) is 5.09. The zero-order valence-electron chi connectivity index (χ0n) is 16.1. The number of nitrogens with one attached hydrogen (secondary N) is 2. The third-order valence-corrected chi connectivity index (χ3v) is 5.09. The molecule has 0 bridgehead atoms. The average molecular weight is 371 g/mol. The molecule has 2 aromatic rings. The average Bonchev–Trinajstić information content (AvgIpc) is 3.15. The van der Waals surface area contributed by atoms with E-state index in [9.17, 15) is 4.79 Å². The monoisotopic (exact) mass is 371 g/mol. The maximum atomic E-state index is 12.1. The van der Waals surface area contributed by atoms with Gasteiger partial charge in [-0.25, -0.2) is 4.79 Å². The highest BCUT2D eigenvalue weighted by Gasteiger charge is 2.21. The van der Waals surface area contributed by atoms with Crippen LogP contribution >= 0.6 is 0 Å². The third kappa shape index (κ3) is 5.29. The molecule has 2 amide bonds. The lowest BCUT2D eigenvalue weighted by Crippen LogP contribution is -2.34. The predicted octanol–water partition coefficient (Wildman–Crippen LogP) is 3.68. The van der Waals surface area contributed by atoms with Crippen LogP contribution in [-0.4, -0.2) is 40.1 Å². The quantitative estimate of drug-likeness (QED) is 0.728. The number of carbonyl (C=O) groups excluding carboxylic acids is 1. The lowest BCUT2D eigenvalue weighted by atomic mass is 9.88. The molecule has 1 aliphatic carbocycles. The minimum atomic E-state index is -0.232. The van der Waals surface area contributed by atoms with E-state index in [1.807, 2.05) is 35.8 Å². The number of nitrogens with zero attached hydrogens (tertiary/aromatic N) is 3. The van der Waals surface area contributed by atoms with E-state index >= 15 is 0 Å². The highest BCUT2D eigenvalue weighted by atomic mass is 16.5. The predicted molar refractivity (Wildman–Crippen MR) is 106 cm³/mol. The molecule has 0 unspecified atom stereocenters. The molecule has 1 fully saturated rings. The number of carbonyl (C=O) groups is 1. The molecule has 2 N–H and O–H groups in total. The number of aromatic nitrogens is 3. The van der Waals surface area contributed by atoms with E-state index in [4.69, 9.17) is 4.74 Å². The summed E-state index contributed by atoms with van der Waals surface area (Å²) in [6, 6.07) is 7.38. The van der Waals surface area contributed by atoms with Gasteiger partial charge in [-0.05, 0) is 37.8 Å². The van der Waals surface area contributed by atoms with Crippen LogP contribution in [0.4, 0.5) is 10.5 Å². The van der Waals surface area contributed by atoms with Gasteiger partial charge in [0.25, 0.3) is 0 Å². The van der Waals surface area contributed by atoms with Gasteiger partial charge in [0, 0.05) is 24.3 Å². The summed E-state index contributed by atoms with van der Waals surface area (Å²) in [6.45, 7) is 6.12. The number of aryl methyl sites for hydroxylation is 1. The van der Waals surface area contributed by atoms with E-state index in [1.54, 1.807) is 6.33 Å². The van der Waals surface area contributed by atoms with Crippen molar-refractivity contribution in [2.45, 2.75) is 52.2 Å². The molecule has 1 aromatic heterocycles. The second-order valence-corrected chi connectivity index (χ2v) is 7.07. The number of anilines is 1. The highest BCUT2D eigenvalue weighted by molar-refractivity contribution is 5.89. The van der Waals surface area contributed by atoms with Crippen molar-refractivity contribution in [3.8, 4) is 11.4 Å². The summed E-state index contributed by atoms with van der Waals surface area (Å²) in [7, 11) is 0. The smallest absolute Gasteiger partial charge is 0.319 e. The molecule has 1 aliphatic rings. The lowest BCUT2D eigenvalue weighted by Gasteiger charge is -2.28. The molecule has 0 spiro atoms. The molecule has 0 aliphatic heterocycles. The zero-order valence-corrected chi connectivity index (χ0v) is 16.1. The van der Waals surface area contributed by atoms with E-state index < -0.39 is 0 Å². The Morgan fingerprint density at radius 2 is 2.19 bits per heavy atom. The lowest BCUT2D eigenvalue weighted by molar-refractivity contribution is -0.00232. The van der Waals surface area contributed by atoms with Crippen molar-refractivity contribution in [1.82, 2.24) is 20.1 Å². The number of urea groups is 1. The fourth-order valence-electron chi connectivity index (χ4n) is 3.53. The van der Waals surface area contributed by atoms with Gasteiger partial charge in [-0.1, -0.05) is 31.9 Å². The fraction of sp³-hybridized carbons (Fsp3) is 0.550. The number of amides is 2. The first-order chi connectivity index (χ1) is 13.2. The van der Waals surface area contributed by atoms with Gasteiger partial charge in [-0.2, -0.15) is 0 Å². The Hall–Kier alpha value is -2.41. The van der Waals surface area contributed by atoms with Gasteiger partial charge >= 0.3 is 6.03 Å². The van der Waals surface area contributed by atoms with Crippen LogP contribution < -0.4 is 10.6 Å². The number of benzene rings is 1. The molecule has 1 saturated carbocycles. The van der Waals surface area contributed by atoms with Crippen LogP contribution in [0.25, 0.3) is 11.4 Å². The minimum absolute atomic E-state index is 0.232. The summed E-state index contributed by atoms with van der Waals surface area (Å²) < 4.78 is 7.89. The van der Waals surface area contributed by atoms with Crippen molar-refractivity contribution in [3.05, 3.63) is 30.6 Å². The summed E-state index contributed by atoms with van der Waals surface area (Å²) in [5.41, 5.74) is 1.64. The normalized spacial score (nSPS) is 19.6. The van der Waals surface area contributed by atoms with Gasteiger partial charge < -0.3 is 19.9 Å². The van der Waals surface area contributed by atoms with Gasteiger partial charge in [0.15, 0.2) is 5.82 Å². The van der Waals surface area contributed by atoms with Gasteiger partial charge in [-0.15, -0.1) is 10.2 Å². The molecule has 7 heteroatoms. The summed E-state index contributed by atoms with van der Waals surface area (Å²) in [4.78, 5) is 12.1. The number of ether oxygens (including phenoxy) is 1. The molecule has 1 aromatic carbocycles. The molecular formula is C20H29N5O2. The summed E-state index contributed by atoms with van der Waals surface area (Å²) in [5, 5.41) is 13.8. The Balaban J connectivity index is 1.46. The number of hydrogen-bond acceptors (Lipinski definition) is 4. The minimum Gasteiger partial charge on any atom is -0.376 e. The van der Waals surface area contributed by atoms with Crippen molar-refractivity contribution in [2.75, 3.05) is 18.5 Å². The van der Waals surface area contributed by atoms with Crippen LogP contribution in [0.2, 0.25) is 0 Å². The Kier molecular flexibility index (Phi) is 6.81. The van der Waals surface area contributed by atoms with Gasteiger partial charge in [0.2, 0.25) is 0 Å². The Morgan fingerprint density at radius 1 is 1.33 bits per heavy atom. The van der Waals surface area contributed by atoms with Crippen molar-refractivity contribution < 1.29 is 9.53 Å². The van der Waals surface area contributed by atoms with Crippen molar-refractivity contribution in [1.29, 1.82) is 0 Å². The van der Waals surface area contributed by atoms with E-state index in [2.05, 4.69) is 27.8 Å². The molecule has 3 rings (SSSR count). The van der Waals surface area contributed by atoms with Crippen LogP contribution in [0.1, 0.15) is 39.5 Å².